The van der Waals surface area contributed by atoms with Crippen LogP contribution in [0.2, 0.25) is 0 Å². The Morgan fingerprint density at radius 2 is 2.10 bits per heavy atom. The van der Waals surface area contributed by atoms with Crippen LogP contribution in [-0.2, 0) is 6.42 Å². The lowest BCUT2D eigenvalue weighted by atomic mass is 10.3. The quantitative estimate of drug-likeness (QED) is 0.852. The van der Waals surface area contributed by atoms with Gasteiger partial charge in [0.05, 0.1) is 17.8 Å². The number of aryl methyl sites for hydroxylation is 1. The maximum absolute atomic E-state index is 5.88. The normalized spacial score (nSPS) is 12.4. The topological polar surface area (TPSA) is 73.1 Å². The van der Waals surface area contributed by atoms with Crippen molar-refractivity contribution in [1.82, 2.24) is 9.97 Å². The van der Waals surface area contributed by atoms with Crippen molar-refractivity contribution >= 4 is 22.8 Å². The van der Waals surface area contributed by atoms with Crippen molar-refractivity contribution in [2.24, 2.45) is 0 Å². The van der Waals surface area contributed by atoms with E-state index in [1.54, 1.807) is 17.4 Å². The van der Waals surface area contributed by atoms with Crippen molar-refractivity contribution in [2.75, 3.05) is 11.1 Å². The molecule has 2 heterocycles. The summed E-state index contributed by atoms with van der Waals surface area (Å²) in [6.07, 6.45) is 2.98. The number of hydrogen-bond donors (Lipinski definition) is 2. The van der Waals surface area contributed by atoms with E-state index in [2.05, 4.69) is 29.1 Å². The number of rotatable bonds is 6. The van der Waals surface area contributed by atoms with E-state index in [1.807, 2.05) is 26.1 Å². The lowest BCUT2D eigenvalue weighted by Crippen LogP contribution is -2.12. The molecule has 114 valence electrons. The second-order valence-electron chi connectivity index (χ2n) is 5.14. The molecule has 1 atom stereocenters. The first-order valence-corrected chi connectivity index (χ1v) is 7.95. The molecule has 0 amide bonds. The molecule has 0 saturated heterocycles. The van der Waals surface area contributed by atoms with Crippen molar-refractivity contribution in [1.29, 1.82) is 0 Å². The Bertz CT molecular complexity index is 597. The summed E-state index contributed by atoms with van der Waals surface area (Å²) in [5, 5.41) is 4.39. The number of thiazole rings is 1. The molecule has 2 aromatic heterocycles. The van der Waals surface area contributed by atoms with E-state index in [0.29, 0.717) is 11.6 Å². The Hall–Kier alpha value is -1.82. The third-order valence-electron chi connectivity index (χ3n) is 2.89. The zero-order chi connectivity index (χ0) is 15.4. The Morgan fingerprint density at radius 3 is 2.71 bits per heavy atom. The Morgan fingerprint density at radius 1 is 1.33 bits per heavy atom. The fraction of sp³-hybridized carbons (Fsp3) is 0.467. The highest BCUT2D eigenvalue weighted by atomic mass is 32.1. The third kappa shape index (κ3) is 4.07. The molecule has 0 spiro atoms. The number of nitrogens with one attached hydrogen (secondary N) is 1. The van der Waals surface area contributed by atoms with Crippen LogP contribution < -0.4 is 15.8 Å². The molecule has 0 aliphatic carbocycles. The summed E-state index contributed by atoms with van der Waals surface area (Å²) >= 11 is 1.72. The molecule has 2 aromatic rings. The SMILES string of the molecule is CCc1cnc(C(C)Nc2ccc(N)c(OC(C)C)n2)s1. The second kappa shape index (κ2) is 6.76. The number of nitrogens with zero attached hydrogens (tertiary/aromatic N) is 2. The maximum atomic E-state index is 5.88. The van der Waals surface area contributed by atoms with Gasteiger partial charge in [0.2, 0.25) is 5.88 Å². The number of nitrogens with two attached hydrogens (primary N) is 1. The number of nitrogen functional groups attached to an aromatic ring is 1. The van der Waals surface area contributed by atoms with Crippen molar-refractivity contribution in [2.45, 2.75) is 46.3 Å². The van der Waals surface area contributed by atoms with Crippen molar-refractivity contribution in [3.63, 3.8) is 0 Å². The predicted octanol–water partition coefficient (Wildman–Crippen LogP) is 3.64. The van der Waals surface area contributed by atoms with Gasteiger partial charge in [0.1, 0.15) is 10.8 Å². The minimum atomic E-state index is 0.0403. The fourth-order valence-electron chi connectivity index (χ4n) is 1.82. The summed E-state index contributed by atoms with van der Waals surface area (Å²) in [4.78, 5) is 10.2. The van der Waals surface area contributed by atoms with Gasteiger partial charge in [-0.05, 0) is 39.3 Å². The highest BCUT2D eigenvalue weighted by Crippen LogP contribution is 2.26. The molecule has 1 unspecified atom stereocenters. The van der Waals surface area contributed by atoms with E-state index in [-0.39, 0.29) is 12.1 Å². The first-order valence-electron chi connectivity index (χ1n) is 7.14. The molecule has 0 aromatic carbocycles. The summed E-state index contributed by atoms with van der Waals surface area (Å²) < 4.78 is 5.61. The maximum Gasteiger partial charge on any atom is 0.239 e. The minimum Gasteiger partial charge on any atom is -0.473 e. The van der Waals surface area contributed by atoms with Gasteiger partial charge in [-0.1, -0.05) is 6.92 Å². The number of ether oxygens (including phenoxy) is 1. The lowest BCUT2D eigenvalue weighted by molar-refractivity contribution is 0.234. The van der Waals surface area contributed by atoms with Gasteiger partial charge in [-0.3, -0.25) is 0 Å². The van der Waals surface area contributed by atoms with E-state index < -0.39 is 0 Å². The molecule has 5 nitrogen and oxygen atoms in total. The Balaban J connectivity index is 2.11. The van der Waals surface area contributed by atoms with Gasteiger partial charge in [0.25, 0.3) is 0 Å². The molecule has 2 rings (SSSR count). The summed E-state index contributed by atoms with van der Waals surface area (Å²) in [6.45, 7) is 8.10. The molecule has 0 aliphatic rings. The van der Waals surface area contributed by atoms with E-state index >= 15 is 0 Å². The van der Waals surface area contributed by atoms with Crippen molar-refractivity contribution in [3.05, 3.63) is 28.2 Å². The fourth-order valence-corrected chi connectivity index (χ4v) is 2.68. The van der Waals surface area contributed by atoms with Crippen molar-refractivity contribution < 1.29 is 4.74 Å². The van der Waals surface area contributed by atoms with Gasteiger partial charge in [-0.25, -0.2) is 4.98 Å². The average molecular weight is 306 g/mol. The smallest absolute Gasteiger partial charge is 0.239 e. The first kappa shape index (κ1) is 15.6. The monoisotopic (exact) mass is 306 g/mol. The molecule has 0 radical (unpaired) electrons. The molecule has 0 fully saturated rings. The minimum absolute atomic E-state index is 0.0403. The Labute approximate surface area is 129 Å². The number of anilines is 2. The highest BCUT2D eigenvalue weighted by Gasteiger charge is 2.12. The van der Waals surface area contributed by atoms with Crippen LogP contribution >= 0.6 is 11.3 Å². The number of pyridine rings is 1. The van der Waals surface area contributed by atoms with Crippen LogP contribution in [0.4, 0.5) is 11.5 Å². The summed E-state index contributed by atoms with van der Waals surface area (Å²) in [7, 11) is 0. The Kier molecular flexibility index (Phi) is 5.01. The van der Waals surface area contributed by atoms with Gasteiger partial charge >= 0.3 is 0 Å². The molecule has 3 N–H and O–H groups in total. The average Bonchev–Trinajstić information content (AvgIpc) is 2.91. The predicted molar refractivity (Wildman–Crippen MR) is 87.9 cm³/mol. The van der Waals surface area contributed by atoms with Gasteiger partial charge < -0.3 is 15.8 Å². The molecule has 21 heavy (non-hydrogen) atoms. The van der Waals surface area contributed by atoms with Crippen molar-refractivity contribution in [3.8, 4) is 5.88 Å². The second-order valence-corrected chi connectivity index (χ2v) is 6.29. The van der Waals surface area contributed by atoms with Crippen LogP contribution in [0.1, 0.15) is 43.6 Å². The first-order chi connectivity index (χ1) is 9.99. The van der Waals surface area contributed by atoms with Crippen LogP contribution in [0.3, 0.4) is 0 Å². The largest absolute Gasteiger partial charge is 0.473 e. The van der Waals surface area contributed by atoms with E-state index in [4.69, 9.17) is 10.5 Å². The third-order valence-corrected chi connectivity index (χ3v) is 4.22. The molecule has 0 saturated carbocycles. The molecule has 0 bridgehead atoms. The zero-order valence-electron chi connectivity index (χ0n) is 12.9. The van der Waals surface area contributed by atoms with Crippen LogP contribution in [0.15, 0.2) is 18.3 Å². The summed E-state index contributed by atoms with van der Waals surface area (Å²) in [5.74, 6) is 1.20. The summed E-state index contributed by atoms with van der Waals surface area (Å²) in [5.41, 5.74) is 6.42. The van der Waals surface area contributed by atoms with Crippen LogP contribution in [0.5, 0.6) is 5.88 Å². The standard InChI is InChI=1S/C15H22N4OS/c1-5-11-8-17-15(21-11)10(4)18-13-7-6-12(16)14(19-13)20-9(2)3/h6-10H,5,16H2,1-4H3,(H,18,19). The zero-order valence-corrected chi connectivity index (χ0v) is 13.7. The van der Waals surface area contributed by atoms with E-state index in [9.17, 15) is 0 Å². The van der Waals surface area contributed by atoms with Gasteiger partial charge in [-0.2, -0.15) is 4.98 Å². The van der Waals surface area contributed by atoms with E-state index in [1.165, 1.54) is 4.88 Å². The van der Waals surface area contributed by atoms with Gasteiger partial charge in [-0.15, -0.1) is 11.3 Å². The van der Waals surface area contributed by atoms with Gasteiger partial charge in [0.15, 0.2) is 0 Å². The molecule has 0 aliphatic heterocycles. The molecule has 6 heteroatoms. The van der Waals surface area contributed by atoms with Crippen LogP contribution in [0.25, 0.3) is 0 Å². The van der Waals surface area contributed by atoms with Crippen LogP contribution in [-0.4, -0.2) is 16.1 Å². The summed E-state index contributed by atoms with van der Waals surface area (Å²) in [6, 6.07) is 3.75. The van der Waals surface area contributed by atoms with Crippen LogP contribution in [0, 0.1) is 0 Å². The van der Waals surface area contributed by atoms with E-state index in [0.717, 1.165) is 17.2 Å². The highest BCUT2D eigenvalue weighted by molar-refractivity contribution is 7.11. The molecular weight excluding hydrogens is 284 g/mol. The molecular formula is C15H22N4OS. The lowest BCUT2D eigenvalue weighted by Gasteiger charge is -2.15. The number of hydrogen-bond acceptors (Lipinski definition) is 6. The van der Waals surface area contributed by atoms with Gasteiger partial charge in [0, 0.05) is 11.1 Å². The number of aromatic nitrogens is 2.